The molecule has 1 aromatic rings. The number of rotatable bonds is 4. The monoisotopic (exact) mass is 225 g/mol. The molecule has 1 saturated heterocycles. The number of aromatic nitrogens is 2. The second kappa shape index (κ2) is 5.43. The van der Waals surface area contributed by atoms with Crippen molar-refractivity contribution < 1.29 is 9.47 Å². The zero-order chi connectivity index (χ0) is 11.4. The highest BCUT2D eigenvalue weighted by Crippen LogP contribution is 2.11. The molecule has 0 bridgehead atoms. The lowest BCUT2D eigenvalue weighted by molar-refractivity contribution is -0.100. The van der Waals surface area contributed by atoms with Crippen LogP contribution in [0.3, 0.4) is 0 Å². The van der Waals surface area contributed by atoms with E-state index in [-0.39, 0.29) is 12.1 Å². The first-order valence-corrected chi connectivity index (χ1v) is 5.63. The summed E-state index contributed by atoms with van der Waals surface area (Å²) >= 11 is 0. The molecule has 0 radical (unpaired) electrons. The molecular formula is C11H19N3O2. The van der Waals surface area contributed by atoms with Gasteiger partial charge in [0.2, 0.25) is 0 Å². The Morgan fingerprint density at radius 1 is 1.62 bits per heavy atom. The van der Waals surface area contributed by atoms with Gasteiger partial charge in [0.15, 0.2) is 0 Å². The summed E-state index contributed by atoms with van der Waals surface area (Å²) in [5.41, 5.74) is 1.22. The molecule has 2 rings (SSSR count). The lowest BCUT2D eigenvalue weighted by atomic mass is 10.0. The van der Waals surface area contributed by atoms with E-state index >= 15 is 0 Å². The highest BCUT2D eigenvalue weighted by molar-refractivity contribution is 5.07. The van der Waals surface area contributed by atoms with Crippen molar-refractivity contribution in [3.05, 3.63) is 18.0 Å². The average Bonchev–Trinajstić information content (AvgIpc) is 2.73. The van der Waals surface area contributed by atoms with E-state index in [2.05, 4.69) is 10.4 Å². The van der Waals surface area contributed by atoms with Gasteiger partial charge in [-0.05, 0) is 19.0 Å². The third-order valence-electron chi connectivity index (χ3n) is 2.88. The molecule has 0 aliphatic carbocycles. The highest BCUT2D eigenvalue weighted by atomic mass is 16.6. The first-order valence-electron chi connectivity index (χ1n) is 5.63. The molecule has 2 atom stereocenters. The fourth-order valence-electron chi connectivity index (χ4n) is 1.99. The summed E-state index contributed by atoms with van der Waals surface area (Å²) in [6.07, 6.45) is 4.99. The molecule has 2 heterocycles. The molecule has 0 amide bonds. The molecule has 0 saturated carbocycles. The minimum absolute atomic E-state index is 0.138. The standard InChI is InChI=1S/C11H19N3O2/c1-12-10(11-8-15-3-4-16-11)5-9-6-13-14(2)7-9/h6-7,10-12H,3-5,8H2,1-2H3. The molecule has 1 N–H and O–H groups in total. The van der Waals surface area contributed by atoms with E-state index in [1.54, 1.807) is 0 Å². The summed E-state index contributed by atoms with van der Waals surface area (Å²) in [5.74, 6) is 0. The zero-order valence-electron chi connectivity index (χ0n) is 9.85. The smallest absolute Gasteiger partial charge is 0.0965 e. The maximum Gasteiger partial charge on any atom is 0.0965 e. The van der Waals surface area contributed by atoms with Crippen molar-refractivity contribution in [3.8, 4) is 0 Å². The number of likely N-dealkylation sites (N-methyl/N-ethyl adjacent to an activating group) is 1. The van der Waals surface area contributed by atoms with Gasteiger partial charge in [0.05, 0.1) is 32.1 Å². The van der Waals surface area contributed by atoms with Crippen molar-refractivity contribution in [2.75, 3.05) is 26.9 Å². The van der Waals surface area contributed by atoms with Gasteiger partial charge in [-0.1, -0.05) is 0 Å². The third-order valence-corrected chi connectivity index (χ3v) is 2.88. The Morgan fingerprint density at radius 3 is 3.06 bits per heavy atom. The van der Waals surface area contributed by atoms with E-state index in [0.29, 0.717) is 19.8 Å². The van der Waals surface area contributed by atoms with Crippen LogP contribution in [0.25, 0.3) is 0 Å². The van der Waals surface area contributed by atoms with Crippen LogP contribution in [-0.2, 0) is 22.9 Å². The molecule has 1 aliphatic rings. The van der Waals surface area contributed by atoms with Crippen LogP contribution < -0.4 is 5.32 Å². The third kappa shape index (κ3) is 2.81. The first kappa shape index (κ1) is 11.6. The van der Waals surface area contributed by atoms with E-state index in [1.165, 1.54) is 5.56 Å². The van der Waals surface area contributed by atoms with Crippen molar-refractivity contribution >= 4 is 0 Å². The molecule has 90 valence electrons. The molecule has 5 heteroatoms. The number of hydrogen-bond donors (Lipinski definition) is 1. The van der Waals surface area contributed by atoms with Crippen molar-refractivity contribution in [1.29, 1.82) is 0 Å². The van der Waals surface area contributed by atoms with Gasteiger partial charge in [0.25, 0.3) is 0 Å². The zero-order valence-corrected chi connectivity index (χ0v) is 9.85. The maximum absolute atomic E-state index is 5.70. The molecule has 16 heavy (non-hydrogen) atoms. The molecule has 1 aromatic heterocycles. The van der Waals surface area contributed by atoms with Crippen molar-refractivity contribution in [2.45, 2.75) is 18.6 Å². The van der Waals surface area contributed by atoms with Crippen molar-refractivity contribution in [1.82, 2.24) is 15.1 Å². The fourth-order valence-corrected chi connectivity index (χ4v) is 1.99. The molecule has 5 nitrogen and oxygen atoms in total. The quantitative estimate of drug-likeness (QED) is 0.781. The number of ether oxygens (including phenoxy) is 2. The van der Waals surface area contributed by atoms with E-state index in [1.807, 2.05) is 31.2 Å². The molecule has 0 spiro atoms. The Labute approximate surface area is 95.7 Å². The topological polar surface area (TPSA) is 48.3 Å². The summed E-state index contributed by atoms with van der Waals surface area (Å²) in [5, 5.41) is 7.45. The van der Waals surface area contributed by atoms with Gasteiger partial charge in [-0.3, -0.25) is 4.68 Å². The Bertz CT molecular complexity index is 321. The van der Waals surface area contributed by atoms with Crippen LogP contribution in [0.5, 0.6) is 0 Å². The number of nitrogens with zero attached hydrogens (tertiary/aromatic N) is 2. The van der Waals surface area contributed by atoms with Gasteiger partial charge in [-0.15, -0.1) is 0 Å². The summed E-state index contributed by atoms with van der Waals surface area (Å²) < 4.78 is 12.9. The van der Waals surface area contributed by atoms with Crippen molar-refractivity contribution in [2.24, 2.45) is 7.05 Å². The van der Waals surface area contributed by atoms with Crippen LogP contribution in [0.1, 0.15) is 5.56 Å². The van der Waals surface area contributed by atoms with Crippen LogP contribution in [0.15, 0.2) is 12.4 Å². The molecular weight excluding hydrogens is 206 g/mol. The fraction of sp³-hybridized carbons (Fsp3) is 0.727. The van der Waals surface area contributed by atoms with Gasteiger partial charge in [0, 0.05) is 19.3 Å². The lowest BCUT2D eigenvalue weighted by Crippen LogP contribution is -2.46. The maximum atomic E-state index is 5.70. The number of aryl methyl sites for hydroxylation is 1. The van der Waals surface area contributed by atoms with Crippen LogP contribution in [0, 0.1) is 0 Å². The summed E-state index contributed by atoms with van der Waals surface area (Å²) in [6.45, 7) is 2.07. The second-order valence-electron chi connectivity index (χ2n) is 4.11. The van der Waals surface area contributed by atoms with Gasteiger partial charge < -0.3 is 14.8 Å². The average molecular weight is 225 g/mol. The molecule has 1 fully saturated rings. The van der Waals surface area contributed by atoms with E-state index in [4.69, 9.17) is 9.47 Å². The Balaban J connectivity index is 1.94. The van der Waals surface area contributed by atoms with Crippen LogP contribution >= 0.6 is 0 Å². The first-order chi connectivity index (χ1) is 7.79. The minimum atomic E-state index is 0.138. The van der Waals surface area contributed by atoms with Gasteiger partial charge >= 0.3 is 0 Å². The van der Waals surface area contributed by atoms with Gasteiger partial charge in [0.1, 0.15) is 0 Å². The van der Waals surface area contributed by atoms with Gasteiger partial charge in [-0.2, -0.15) is 5.10 Å². The lowest BCUT2D eigenvalue weighted by Gasteiger charge is -2.30. The van der Waals surface area contributed by atoms with E-state index in [9.17, 15) is 0 Å². The number of nitrogens with one attached hydrogen (secondary N) is 1. The predicted octanol–water partition coefficient (Wildman–Crippen LogP) is -0.0340. The summed E-state index contributed by atoms with van der Waals surface area (Å²) in [6, 6.07) is 0.282. The largest absolute Gasteiger partial charge is 0.376 e. The SMILES string of the molecule is CNC(Cc1cnn(C)c1)C1COCCO1. The normalized spacial score (nSPS) is 23.2. The van der Waals surface area contributed by atoms with E-state index < -0.39 is 0 Å². The van der Waals surface area contributed by atoms with Crippen LogP contribution in [0.4, 0.5) is 0 Å². The van der Waals surface area contributed by atoms with Crippen LogP contribution in [0.2, 0.25) is 0 Å². The summed E-state index contributed by atoms with van der Waals surface area (Å²) in [7, 11) is 3.89. The molecule has 2 unspecified atom stereocenters. The summed E-state index contributed by atoms with van der Waals surface area (Å²) in [4.78, 5) is 0. The van der Waals surface area contributed by atoms with Crippen LogP contribution in [-0.4, -0.2) is 48.8 Å². The Morgan fingerprint density at radius 2 is 2.50 bits per heavy atom. The molecule has 1 aliphatic heterocycles. The minimum Gasteiger partial charge on any atom is -0.376 e. The second-order valence-corrected chi connectivity index (χ2v) is 4.11. The van der Waals surface area contributed by atoms with Gasteiger partial charge in [-0.25, -0.2) is 0 Å². The predicted molar refractivity (Wildman–Crippen MR) is 60.3 cm³/mol. The number of hydrogen-bond acceptors (Lipinski definition) is 4. The Kier molecular flexibility index (Phi) is 3.93. The Hall–Kier alpha value is -0.910. The highest BCUT2D eigenvalue weighted by Gasteiger charge is 2.24. The van der Waals surface area contributed by atoms with Crippen molar-refractivity contribution in [3.63, 3.8) is 0 Å². The molecule has 0 aromatic carbocycles. The van der Waals surface area contributed by atoms with E-state index in [0.717, 1.165) is 6.42 Å².